The van der Waals surface area contributed by atoms with E-state index in [0.717, 1.165) is 11.1 Å². The van der Waals surface area contributed by atoms with Crippen molar-refractivity contribution in [3.8, 4) is 5.75 Å². The zero-order chi connectivity index (χ0) is 28.6. The summed E-state index contributed by atoms with van der Waals surface area (Å²) in [6.07, 6.45) is 8.24. The van der Waals surface area contributed by atoms with Crippen LogP contribution in [-0.4, -0.2) is 58.9 Å². The van der Waals surface area contributed by atoms with E-state index in [1.807, 2.05) is 28.8 Å². The molecule has 1 aliphatic rings. The lowest BCUT2D eigenvalue weighted by Crippen LogP contribution is -2.29. The monoisotopic (exact) mass is 598 g/mol. The number of esters is 2. The summed E-state index contributed by atoms with van der Waals surface area (Å²) in [5, 5.41) is 0.993. The molecule has 212 valence electrons. The number of ether oxygens (including phenoxy) is 4. The fourth-order valence-corrected chi connectivity index (χ4v) is 4.80. The molecule has 0 bridgehead atoms. The fraction of sp³-hybridized carbons (Fsp3) is 0.464. The number of carbonyl (C=O) groups excluding carboxylic acids is 2. The first-order chi connectivity index (χ1) is 18.5. The Labute approximate surface area is 243 Å². The highest BCUT2D eigenvalue weighted by Crippen LogP contribution is 2.39. The van der Waals surface area contributed by atoms with Crippen LogP contribution in [0.1, 0.15) is 39.7 Å². The van der Waals surface area contributed by atoms with Gasteiger partial charge < -0.3 is 23.5 Å². The second-order valence-corrected chi connectivity index (χ2v) is 10.9. The van der Waals surface area contributed by atoms with Crippen molar-refractivity contribution in [2.45, 2.75) is 64.4 Å². The lowest BCUT2D eigenvalue weighted by atomic mass is 9.75. The van der Waals surface area contributed by atoms with Crippen LogP contribution in [0.2, 0.25) is 5.02 Å². The van der Waals surface area contributed by atoms with Crippen LogP contribution in [0.25, 0.3) is 0 Å². The van der Waals surface area contributed by atoms with Crippen LogP contribution in [-0.2, 0) is 35.8 Å². The highest BCUT2D eigenvalue weighted by molar-refractivity contribution is 6.32. The van der Waals surface area contributed by atoms with Crippen molar-refractivity contribution >= 4 is 46.7 Å². The molecule has 0 amide bonds. The van der Waals surface area contributed by atoms with E-state index >= 15 is 0 Å². The summed E-state index contributed by atoms with van der Waals surface area (Å²) in [7, 11) is 0. The number of rotatable bonds is 13. The van der Waals surface area contributed by atoms with Crippen molar-refractivity contribution in [3.05, 3.63) is 70.3 Å². The van der Waals surface area contributed by atoms with Crippen LogP contribution in [0.3, 0.4) is 0 Å². The molecule has 0 spiro atoms. The molecule has 2 aromatic rings. The van der Waals surface area contributed by atoms with Gasteiger partial charge >= 0.3 is 11.9 Å². The van der Waals surface area contributed by atoms with Crippen molar-refractivity contribution in [1.29, 1.82) is 0 Å². The number of nitrogens with zero attached hydrogens (tertiary/aromatic N) is 2. The first-order valence-corrected chi connectivity index (χ1v) is 13.8. The van der Waals surface area contributed by atoms with Crippen molar-refractivity contribution in [2.24, 2.45) is 0 Å². The Morgan fingerprint density at radius 2 is 1.85 bits per heavy atom. The Balaban J connectivity index is 1.64. The van der Waals surface area contributed by atoms with E-state index in [1.54, 1.807) is 18.7 Å². The van der Waals surface area contributed by atoms with Crippen molar-refractivity contribution in [1.82, 2.24) is 9.55 Å². The maximum Gasteiger partial charge on any atom is 0.303 e. The quantitative estimate of drug-likeness (QED) is 0.211. The highest BCUT2D eigenvalue weighted by Gasteiger charge is 2.30. The normalized spacial score (nSPS) is 17.1. The number of hydrogen-bond donors (Lipinski definition) is 0. The van der Waals surface area contributed by atoms with Gasteiger partial charge in [-0.15, -0.1) is 11.6 Å². The summed E-state index contributed by atoms with van der Waals surface area (Å²) >= 11 is 19.1. The number of halogens is 3. The predicted molar refractivity (Wildman–Crippen MR) is 150 cm³/mol. The van der Waals surface area contributed by atoms with E-state index in [9.17, 15) is 9.59 Å². The third kappa shape index (κ3) is 9.00. The van der Waals surface area contributed by atoms with E-state index in [1.165, 1.54) is 13.8 Å². The van der Waals surface area contributed by atoms with E-state index < -0.39 is 29.6 Å². The first-order valence-electron chi connectivity index (χ1n) is 12.5. The molecule has 0 saturated heterocycles. The van der Waals surface area contributed by atoms with Gasteiger partial charge in [0.2, 0.25) is 0 Å². The largest absolute Gasteiger partial charge is 0.488 e. The van der Waals surface area contributed by atoms with Gasteiger partial charge in [0, 0.05) is 36.7 Å². The van der Waals surface area contributed by atoms with Crippen LogP contribution in [0.5, 0.6) is 5.75 Å². The SMILES string of the molecule is CC(=O)O[C@H](COc1ccc(C(C)(C)C2=CCC(OC[C@H](CCl)OC(C)=O)C(Cl)=C2)cc1Cl)Cn1ccnc1. The Hall–Kier alpha value is -2.52. The average molecular weight is 600 g/mol. The molecule has 8 nitrogen and oxygen atoms in total. The van der Waals surface area contributed by atoms with Crippen LogP contribution in [0.4, 0.5) is 0 Å². The van der Waals surface area contributed by atoms with E-state index in [2.05, 4.69) is 24.9 Å². The zero-order valence-electron chi connectivity index (χ0n) is 22.4. The number of carbonyl (C=O) groups is 2. The standard InChI is InChI=1S/C28H33Cl3N2O6/c1-18(34)38-22(13-29)15-36-26-7-5-20(11-24(26)30)28(3,4)21-6-8-27(25(31)12-21)37-16-23(39-19(2)35)14-33-10-9-32-17-33/h5-6,8-12,17,22-23,26H,7,13-16H2,1-4H3/t22-,23-,26?/m0/s1. The minimum atomic E-state index is -0.534. The maximum atomic E-state index is 11.5. The predicted octanol–water partition coefficient (Wildman–Crippen LogP) is 5.83. The molecule has 1 heterocycles. The lowest BCUT2D eigenvalue weighted by Gasteiger charge is -2.32. The third-order valence-corrected chi connectivity index (χ3v) is 7.24. The lowest BCUT2D eigenvalue weighted by molar-refractivity contribution is -0.149. The third-order valence-electron chi connectivity index (χ3n) is 6.25. The van der Waals surface area contributed by atoms with Gasteiger partial charge in [0.15, 0.2) is 6.10 Å². The molecule has 0 aliphatic heterocycles. The molecule has 0 fully saturated rings. The van der Waals surface area contributed by atoms with Gasteiger partial charge in [-0.3, -0.25) is 9.59 Å². The molecule has 1 unspecified atom stereocenters. The molecule has 1 aromatic heterocycles. The number of alkyl halides is 1. The molecule has 1 aliphatic carbocycles. The summed E-state index contributed by atoms with van der Waals surface area (Å²) < 4.78 is 24.1. The van der Waals surface area contributed by atoms with E-state index in [-0.39, 0.29) is 25.2 Å². The van der Waals surface area contributed by atoms with Crippen molar-refractivity contribution in [2.75, 3.05) is 19.1 Å². The van der Waals surface area contributed by atoms with Crippen LogP contribution in [0, 0.1) is 0 Å². The number of benzene rings is 1. The highest BCUT2D eigenvalue weighted by atomic mass is 35.5. The Morgan fingerprint density at radius 3 is 2.44 bits per heavy atom. The Morgan fingerprint density at radius 1 is 1.13 bits per heavy atom. The average Bonchev–Trinajstić information content (AvgIpc) is 3.38. The summed E-state index contributed by atoms with van der Waals surface area (Å²) in [6.45, 7) is 7.55. The van der Waals surface area contributed by atoms with Crippen LogP contribution >= 0.6 is 34.8 Å². The summed E-state index contributed by atoms with van der Waals surface area (Å²) in [6, 6.07) is 5.62. The molecule has 0 radical (unpaired) electrons. The summed E-state index contributed by atoms with van der Waals surface area (Å²) in [4.78, 5) is 26.8. The molecule has 1 aromatic carbocycles. The second-order valence-electron chi connectivity index (χ2n) is 9.70. The molecule has 39 heavy (non-hydrogen) atoms. The molecule has 11 heteroatoms. The van der Waals surface area contributed by atoms with Gasteiger partial charge in [-0.05, 0) is 35.8 Å². The molecule has 0 saturated carbocycles. The molecular weight excluding hydrogens is 567 g/mol. The number of hydrogen-bond acceptors (Lipinski definition) is 7. The zero-order valence-corrected chi connectivity index (χ0v) is 24.6. The van der Waals surface area contributed by atoms with Gasteiger partial charge in [-0.25, -0.2) is 4.98 Å². The molecular formula is C28H33Cl3N2O6. The Bertz CT molecular complexity index is 1200. The minimum absolute atomic E-state index is 0.132. The number of imidazole rings is 1. The minimum Gasteiger partial charge on any atom is -0.488 e. The van der Waals surface area contributed by atoms with Gasteiger partial charge in [-0.1, -0.05) is 49.2 Å². The van der Waals surface area contributed by atoms with Crippen molar-refractivity contribution in [3.63, 3.8) is 0 Å². The van der Waals surface area contributed by atoms with Crippen LogP contribution in [0.15, 0.2) is 59.7 Å². The second kappa shape index (κ2) is 14.2. The van der Waals surface area contributed by atoms with Gasteiger partial charge in [0.05, 0.1) is 36.5 Å². The van der Waals surface area contributed by atoms with Gasteiger partial charge in [0.25, 0.3) is 0 Å². The molecule has 3 rings (SSSR count). The Kier molecular flexibility index (Phi) is 11.3. The number of aromatic nitrogens is 2. The molecule has 0 N–H and O–H groups in total. The van der Waals surface area contributed by atoms with E-state index in [0.29, 0.717) is 28.8 Å². The van der Waals surface area contributed by atoms with E-state index in [4.69, 9.17) is 53.8 Å². The topological polar surface area (TPSA) is 88.9 Å². The first kappa shape index (κ1) is 31.0. The maximum absolute atomic E-state index is 11.5. The van der Waals surface area contributed by atoms with Crippen molar-refractivity contribution < 1.29 is 28.5 Å². The summed E-state index contributed by atoms with van der Waals surface area (Å²) in [5.41, 5.74) is 1.57. The fourth-order valence-electron chi connectivity index (χ4n) is 4.14. The van der Waals surface area contributed by atoms with Gasteiger partial charge in [0.1, 0.15) is 18.5 Å². The van der Waals surface area contributed by atoms with Gasteiger partial charge in [-0.2, -0.15) is 0 Å². The number of allylic oxidation sites excluding steroid dienone is 2. The smallest absolute Gasteiger partial charge is 0.303 e. The molecule has 3 atom stereocenters. The van der Waals surface area contributed by atoms with Crippen LogP contribution < -0.4 is 4.74 Å². The summed E-state index contributed by atoms with van der Waals surface area (Å²) in [5.74, 6) is -0.181.